The summed E-state index contributed by atoms with van der Waals surface area (Å²) in [5.41, 5.74) is 5.51. The first kappa shape index (κ1) is 27.7. The Morgan fingerprint density at radius 1 is 1.18 bits per heavy atom. The number of phenolic OH excluding ortho intramolecular Hbond substituents is 1. The molecule has 214 valence electrons. The van der Waals surface area contributed by atoms with E-state index in [-0.39, 0.29) is 17.6 Å². The third-order valence-corrected chi connectivity index (χ3v) is 7.96. The van der Waals surface area contributed by atoms with Gasteiger partial charge in [0.05, 0.1) is 20.3 Å². The number of allylic oxidation sites excluding steroid dienone is 1. The molecule has 0 fully saturated rings. The Labute approximate surface area is 235 Å². The molecule has 0 saturated carbocycles. The predicted octanol–water partition coefficient (Wildman–Crippen LogP) is 4.44. The molecule has 0 bridgehead atoms. The van der Waals surface area contributed by atoms with E-state index in [9.17, 15) is 9.90 Å². The van der Waals surface area contributed by atoms with Crippen LogP contribution in [0.1, 0.15) is 30.5 Å². The summed E-state index contributed by atoms with van der Waals surface area (Å²) in [6.07, 6.45) is 3.78. The molecule has 2 aromatic rings. The number of rotatable bonds is 8. The monoisotopic (exact) mass is 550 g/mol. The van der Waals surface area contributed by atoms with Crippen molar-refractivity contribution in [2.45, 2.75) is 31.9 Å². The van der Waals surface area contributed by atoms with Crippen LogP contribution in [-0.2, 0) is 25.4 Å². The second-order valence-corrected chi connectivity index (χ2v) is 10.7. The molecule has 0 aliphatic carbocycles. The molecule has 9 heteroatoms. The summed E-state index contributed by atoms with van der Waals surface area (Å²) < 4.78 is 28.8. The van der Waals surface area contributed by atoms with E-state index < -0.39 is 12.1 Å². The van der Waals surface area contributed by atoms with Gasteiger partial charge < -0.3 is 33.7 Å². The minimum absolute atomic E-state index is 0.0436. The molecule has 9 nitrogen and oxygen atoms in total. The molecule has 0 spiro atoms. The highest BCUT2D eigenvalue weighted by Crippen LogP contribution is 2.55. The molecule has 0 aromatic heterocycles. The Kier molecular flexibility index (Phi) is 7.85. The number of phenols is 1. The summed E-state index contributed by atoms with van der Waals surface area (Å²) in [5, 5.41) is 11.7. The molecule has 5 rings (SSSR count). The summed E-state index contributed by atoms with van der Waals surface area (Å²) in [6.45, 7) is 3.47. The third kappa shape index (κ3) is 4.94. The number of cyclic esters (lactones) is 1. The van der Waals surface area contributed by atoms with E-state index in [0.717, 1.165) is 28.0 Å². The van der Waals surface area contributed by atoms with Crippen molar-refractivity contribution in [3.63, 3.8) is 0 Å². The van der Waals surface area contributed by atoms with Crippen molar-refractivity contribution in [2.75, 3.05) is 60.0 Å². The normalized spacial score (nSPS) is 21.3. The second kappa shape index (κ2) is 11.3. The zero-order chi connectivity index (χ0) is 28.6. The minimum atomic E-state index is -0.586. The van der Waals surface area contributed by atoms with Crippen LogP contribution in [0.5, 0.6) is 17.2 Å². The van der Waals surface area contributed by atoms with Crippen molar-refractivity contribution in [1.29, 1.82) is 0 Å². The molecule has 2 aromatic carbocycles. The fourth-order valence-electron chi connectivity index (χ4n) is 6.00. The molecule has 0 radical (unpaired) electrons. The molecular weight excluding hydrogens is 512 g/mol. The average Bonchev–Trinajstić information content (AvgIpc) is 3.31. The second-order valence-electron chi connectivity index (χ2n) is 10.7. The lowest BCUT2D eigenvalue weighted by Gasteiger charge is -2.40. The van der Waals surface area contributed by atoms with E-state index in [2.05, 4.69) is 34.1 Å². The number of nitrogens with zero attached hydrogens (tertiary/aromatic N) is 2. The molecular formula is C31H38N2O7. The molecule has 3 heterocycles. The van der Waals surface area contributed by atoms with Crippen LogP contribution in [0.25, 0.3) is 11.1 Å². The predicted molar refractivity (Wildman–Crippen MR) is 152 cm³/mol. The van der Waals surface area contributed by atoms with Crippen molar-refractivity contribution >= 4 is 11.7 Å². The van der Waals surface area contributed by atoms with Crippen molar-refractivity contribution < 1.29 is 33.6 Å². The van der Waals surface area contributed by atoms with Gasteiger partial charge in [-0.25, -0.2) is 4.79 Å². The SMILES string of the molecule is CO/C=C(\OC)C(C)CC1=CC(=O)OC1C1c2c(O)c3c(c(-c4ccc(N(C)C)cc4)c2CCN1C)OCCO3. The Morgan fingerprint density at radius 3 is 2.52 bits per heavy atom. The number of benzene rings is 2. The van der Waals surface area contributed by atoms with Gasteiger partial charge >= 0.3 is 5.97 Å². The van der Waals surface area contributed by atoms with Gasteiger partial charge in [-0.15, -0.1) is 0 Å². The van der Waals surface area contributed by atoms with E-state index in [4.69, 9.17) is 23.7 Å². The number of carbonyl (C=O) groups is 1. The van der Waals surface area contributed by atoms with Crippen LogP contribution < -0.4 is 14.4 Å². The highest BCUT2D eigenvalue weighted by Gasteiger charge is 2.44. The van der Waals surface area contributed by atoms with Crippen molar-refractivity contribution in [3.05, 3.63) is 59.1 Å². The highest BCUT2D eigenvalue weighted by molar-refractivity contribution is 5.87. The van der Waals surface area contributed by atoms with Crippen LogP contribution in [0.2, 0.25) is 0 Å². The van der Waals surface area contributed by atoms with Crippen LogP contribution >= 0.6 is 0 Å². The largest absolute Gasteiger partial charge is 0.504 e. The van der Waals surface area contributed by atoms with Gasteiger partial charge in [0.2, 0.25) is 5.75 Å². The molecule has 0 amide bonds. The molecule has 1 N–H and O–H groups in total. The first-order chi connectivity index (χ1) is 19.2. The number of aromatic hydroxyl groups is 1. The molecule has 3 aliphatic rings. The lowest BCUT2D eigenvalue weighted by atomic mass is 9.80. The Morgan fingerprint density at radius 2 is 1.88 bits per heavy atom. The molecule has 40 heavy (non-hydrogen) atoms. The van der Waals surface area contributed by atoms with E-state index in [1.54, 1.807) is 26.6 Å². The highest BCUT2D eigenvalue weighted by atomic mass is 16.6. The quantitative estimate of drug-likeness (QED) is 0.379. The summed E-state index contributed by atoms with van der Waals surface area (Å²) in [5.74, 6) is 1.17. The molecule has 3 aliphatic heterocycles. The van der Waals surface area contributed by atoms with Gasteiger partial charge in [0, 0.05) is 49.4 Å². The van der Waals surface area contributed by atoms with Gasteiger partial charge in [-0.1, -0.05) is 19.1 Å². The van der Waals surface area contributed by atoms with Crippen molar-refractivity contribution in [2.24, 2.45) is 5.92 Å². The molecule has 3 unspecified atom stereocenters. The molecule has 0 saturated heterocycles. The third-order valence-electron chi connectivity index (χ3n) is 7.96. The zero-order valence-corrected chi connectivity index (χ0v) is 24.0. The maximum absolute atomic E-state index is 12.7. The summed E-state index contributed by atoms with van der Waals surface area (Å²) >= 11 is 0. The van der Waals surface area contributed by atoms with E-state index in [1.807, 2.05) is 28.1 Å². The van der Waals surface area contributed by atoms with Crippen molar-refractivity contribution in [1.82, 2.24) is 4.90 Å². The van der Waals surface area contributed by atoms with Crippen LogP contribution in [0.4, 0.5) is 5.69 Å². The lowest BCUT2D eigenvalue weighted by molar-refractivity contribution is -0.141. The smallest absolute Gasteiger partial charge is 0.331 e. The minimum Gasteiger partial charge on any atom is -0.504 e. The first-order valence-corrected chi connectivity index (χ1v) is 13.6. The van der Waals surface area contributed by atoms with Crippen LogP contribution in [0.3, 0.4) is 0 Å². The van der Waals surface area contributed by atoms with E-state index in [0.29, 0.717) is 55.4 Å². The standard InChI is InChI=1S/C31H38N2O7/c1-18(23(37-6)17-36-5)15-20-16-24(34)40-29(20)27-26-22(11-12-33(27)4)25(19-7-9-21(10-8-19)32(2)3)30-31(28(26)35)39-14-13-38-30/h7-10,16-18,27,29,35H,11-15H2,1-6H3/b23-17-. The fourth-order valence-corrected chi connectivity index (χ4v) is 6.00. The average molecular weight is 551 g/mol. The summed E-state index contributed by atoms with van der Waals surface area (Å²) in [6, 6.07) is 7.87. The van der Waals surface area contributed by atoms with Crippen LogP contribution in [0.15, 0.2) is 47.9 Å². The van der Waals surface area contributed by atoms with Crippen LogP contribution in [-0.4, -0.2) is 77.2 Å². The Balaban J connectivity index is 1.62. The summed E-state index contributed by atoms with van der Waals surface area (Å²) in [4.78, 5) is 16.9. The number of ether oxygens (including phenoxy) is 5. The Hall–Kier alpha value is -3.85. The maximum Gasteiger partial charge on any atom is 0.331 e. The number of hydrogen-bond donors (Lipinski definition) is 1. The number of methoxy groups -OCH3 is 2. The lowest BCUT2D eigenvalue weighted by Crippen LogP contribution is -2.41. The van der Waals surface area contributed by atoms with E-state index >= 15 is 0 Å². The van der Waals surface area contributed by atoms with Gasteiger partial charge in [-0.05, 0) is 48.7 Å². The maximum atomic E-state index is 12.7. The van der Waals surface area contributed by atoms with Gasteiger partial charge in [-0.2, -0.15) is 0 Å². The zero-order valence-electron chi connectivity index (χ0n) is 24.0. The van der Waals surface area contributed by atoms with Gasteiger partial charge in [0.15, 0.2) is 11.5 Å². The van der Waals surface area contributed by atoms with Crippen molar-refractivity contribution in [3.8, 4) is 28.4 Å². The number of esters is 1. The van der Waals surface area contributed by atoms with Gasteiger partial charge in [0.1, 0.15) is 31.3 Å². The summed E-state index contributed by atoms with van der Waals surface area (Å²) in [7, 11) is 9.18. The fraction of sp³-hybridized carbons (Fsp3) is 0.452. The van der Waals surface area contributed by atoms with Crippen LogP contribution in [0, 0.1) is 5.92 Å². The van der Waals surface area contributed by atoms with E-state index in [1.165, 1.54) is 0 Å². The number of carbonyl (C=O) groups excluding carboxylic acids is 1. The first-order valence-electron chi connectivity index (χ1n) is 13.6. The van der Waals surface area contributed by atoms with Gasteiger partial charge in [-0.3, -0.25) is 4.90 Å². The number of fused-ring (bicyclic) bond motifs is 2. The number of likely N-dealkylation sites (N-methyl/N-ethyl adjacent to an activating group) is 1. The number of hydrogen-bond acceptors (Lipinski definition) is 9. The number of anilines is 1. The Bertz CT molecular complexity index is 1330. The molecule has 3 atom stereocenters. The van der Waals surface area contributed by atoms with Gasteiger partial charge in [0.25, 0.3) is 0 Å². The topological polar surface area (TPSA) is 89.9 Å².